The van der Waals surface area contributed by atoms with Gasteiger partial charge in [-0.25, -0.2) is 4.98 Å². The van der Waals surface area contributed by atoms with Crippen LogP contribution < -0.4 is 5.32 Å². The van der Waals surface area contributed by atoms with E-state index in [0.29, 0.717) is 5.56 Å². The van der Waals surface area contributed by atoms with E-state index in [2.05, 4.69) is 21.5 Å². The van der Waals surface area contributed by atoms with Crippen molar-refractivity contribution in [3.05, 3.63) is 53.9 Å². The first-order valence-corrected chi connectivity index (χ1v) is 6.78. The van der Waals surface area contributed by atoms with Gasteiger partial charge in [-0.05, 0) is 18.2 Å². The molecule has 0 saturated carbocycles. The summed E-state index contributed by atoms with van der Waals surface area (Å²) in [6.07, 6.45) is 2.64. The predicted octanol–water partition coefficient (Wildman–Crippen LogP) is 2.49. The minimum absolute atomic E-state index is 0.642. The highest BCUT2D eigenvalue weighted by Gasteiger charge is 2.05. The van der Waals surface area contributed by atoms with Crippen molar-refractivity contribution >= 4 is 16.7 Å². The Bertz CT molecular complexity index is 813. The van der Waals surface area contributed by atoms with Crippen molar-refractivity contribution in [2.24, 2.45) is 7.05 Å². The number of aromatic nitrogens is 3. The zero-order valence-electron chi connectivity index (χ0n) is 11.7. The molecule has 0 spiro atoms. The maximum Gasteiger partial charge on any atom is 0.127 e. The third-order valence-corrected chi connectivity index (χ3v) is 3.45. The van der Waals surface area contributed by atoms with E-state index < -0.39 is 0 Å². The Labute approximate surface area is 122 Å². The van der Waals surface area contributed by atoms with E-state index in [1.165, 1.54) is 0 Å². The normalized spacial score (nSPS) is 10.5. The van der Waals surface area contributed by atoms with Crippen LogP contribution in [0.2, 0.25) is 0 Å². The number of pyridine rings is 1. The quantitative estimate of drug-likeness (QED) is 0.795. The van der Waals surface area contributed by atoms with Crippen molar-refractivity contribution < 1.29 is 0 Å². The molecule has 2 heterocycles. The molecule has 0 aliphatic carbocycles. The Hall–Kier alpha value is -2.87. The number of rotatable bonds is 4. The first-order valence-electron chi connectivity index (χ1n) is 6.78. The molecule has 0 aliphatic rings. The van der Waals surface area contributed by atoms with Gasteiger partial charge in [0, 0.05) is 37.3 Å². The molecule has 0 radical (unpaired) electrons. The van der Waals surface area contributed by atoms with Crippen LogP contribution >= 0.6 is 0 Å². The maximum atomic E-state index is 9.25. The summed E-state index contributed by atoms with van der Waals surface area (Å²) in [7, 11) is 1.93. The van der Waals surface area contributed by atoms with Gasteiger partial charge in [-0.1, -0.05) is 18.2 Å². The number of anilines is 1. The van der Waals surface area contributed by atoms with Gasteiger partial charge in [0.25, 0.3) is 0 Å². The number of fused-ring (bicyclic) bond motifs is 1. The van der Waals surface area contributed by atoms with E-state index in [9.17, 15) is 5.26 Å². The van der Waals surface area contributed by atoms with Crippen LogP contribution in [0.15, 0.2) is 42.6 Å². The van der Waals surface area contributed by atoms with Crippen molar-refractivity contribution in [2.75, 3.05) is 11.9 Å². The van der Waals surface area contributed by atoms with Crippen molar-refractivity contribution in [1.82, 2.24) is 14.8 Å². The smallest absolute Gasteiger partial charge is 0.127 e. The van der Waals surface area contributed by atoms with Gasteiger partial charge in [0.2, 0.25) is 0 Å². The van der Waals surface area contributed by atoms with Crippen molar-refractivity contribution in [1.29, 1.82) is 5.26 Å². The molecule has 0 bridgehead atoms. The standard InChI is InChI=1S/C16H15N5/c1-21-13(7-9-19-21)6-8-18-16-10-12(11-17)14-4-2-3-5-15(14)20-16/h2-5,7,9-10H,6,8H2,1H3,(H,18,20). The molecule has 2 aromatic heterocycles. The lowest BCUT2D eigenvalue weighted by Gasteiger charge is -2.08. The second kappa shape index (κ2) is 5.63. The number of benzene rings is 1. The monoisotopic (exact) mass is 277 g/mol. The third kappa shape index (κ3) is 2.70. The zero-order valence-corrected chi connectivity index (χ0v) is 11.7. The highest BCUT2D eigenvalue weighted by Crippen LogP contribution is 2.19. The fourth-order valence-electron chi connectivity index (χ4n) is 2.32. The van der Waals surface area contributed by atoms with Crippen molar-refractivity contribution in [3.63, 3.8) is 0 Å². The van der Waals surface area contributed by atoms with E-state index in [4.69, 9.17) is 0 Å². The molecule has 3 rings (SSSR count). The van der Waals surface area contributed by atoms with Gasteiger partial charge in [0.05, 0.1) is 17.1 Å². The predicted molar refractivity (Wildman–Crippen MR) is 81.9 cm³/mol. The lowest BCUT2D eigenvalue weighted by atomic mass is 10.1. The number of hydrogen-bond acceptors (Lipinski definition) is 4. The SMILES string of the molecule is Cn1nccc1CCNc1cc(C#N)c2ccccc2n1. The highest BCUT2D eigenvalue weighted by atomic mass is 15.3. The summed E-state index contributed by atoms with van der Waals surface area (Å²) in [4.78, 5) is 4.54. The second-order valence-corrected chi connectivity index (χ2v) is 4.81. The third-order valence-electron chi connectivity index (χ3n) is 3.45. The Morgan fingerprint density at radius 1 is 1.29 bits per heavy atom. The molecule has 0 amide bonds. The van der Waals surface area contributed by atoms with Crippen LogP contribution in [0, 0.1) is 11.3 Å². The van der Waals surface area contributed by atoms with Crippen molar-refractivity contribution in [3.8, 4) is 6.07 Å². The van der Waals surface area contributed by atoms with E-state index in [-0.39, 0.29) is 0 Å². The van der Waals surface area contributed by atoms with E-state index >= 15 is 0 Å². The summed E-state index contributed by atoms with van der Waals surface area (Å²) in [5, 5.41) is 17.6. The van der Waals surface area contributed by atoms with Crippen LogP contribution in [0.3, 0.4) is 0 Å². The Morgan fingerprint density at radius 3 is 2.90 bits per heavy atom. The van der Waals surface area contributed by atoms with Gasteiger partial charge in [-0.3, -0.25) is 4.68 Å². The van der Waals surface area contributed by atoms with Crippen LogP contribution in [-0.2, 0) is 13.5 Å². The molecule has 3 aromatic rings. The van der Waals surface area contributed by atoms with Gasteiger partial charge in [-0.15, -0.1) is 0 Å². The first kappa shape index (κ1) is 13.1. The minimum atomic E-state index is 0.642. The molecule has 0 atom stereocenters. The molecule has 21 heavy (non-hydrogen) atoms. The van der Waals surface area contributed by atoms with E-state index in [1.807, 2.05) is 42.1 Å². The fourth-order valence-corrected chi connectivity index (χ4v) is 2.32. The number of para-hydroxylation sites is 1. The minimum Gasteiger partial charge on any atom is -0.370 e. The molecule has 5 heteroatoms. The molecule has 104 valence electrons. The van der Waals surface area contributed by atoms with Gasteiger partial charge in [0.15, 0.2) is 0 Å². The zero-order chi connectivity index (χ0) is 14.7. The lowest BCUT2D eigenvalue weighted by Crippen LogP contribution is -2.09. The van der Waals surface area contributed by atoms with Crippen LogP contribution in [0.5, 0.6) is 0 Å². The molecule has 1 aromatic carbocycles. The first-order chi connectivity index (χ1) is 10.3. The largest absolute Gasteiger partial charge is 0.370 e. The Morgan fingerprint density at radius 2 is 2.14 bits per heavy atom. The fraction of sp³-hybridized carbons (Fsp3) is 0.188. The number of nitrogens with zero attached hydrogens (tertiary/aromatic N) is 4. The number of hydrogen-bond donors (Lipinski definition) is 1. The lowest BCUT2D eigenvalue weighted by molar-refractivity contribution is 0.711. The second-order valence-electron chi connectivity index (χ2n) is 4.81. The van der Waals surface area contributed by atoms with Crippen LogP contribution in [0.4, 0.5) is 5.82 Å². The average Bonchev–Trinajstić information content (AvgIpc) is 2.92. The highest BCUT2D eigenvalue weighted by molar-refractivity contribution is 5.86. The topological polar surface area (TPSA) is 66.5 Å². The molecular formula is C16H15N5. The summed E-state index contributed by atoms with van der Waals surface area (Å²) in [6.45, 7) is 0.746. The summed E-state index contributed by atoms with van der Waals surface area (Å²) in [5.41, 5.74) is 2.63. The number of nitriles is 1. The van der Waals surface area contributed by atoms with Crippen LogP contribution in [0.25, 0.3) is 10.9 Å². The van der Waals surface area contributed by atoms with Gasteiger partial charge < -0.3 is 5.32 Å². The summed E-state index contributed by atoms with van der Waals surface area (Å²) in [6, 6.07) is 13.7. The number of nitrogens with one attached hydrogen (secondary N) is 1. The summed E-state index contributed by atoms with van der Waals surface area (Å²) < 4.78 is 1.86. The summed E-state index contributed by atoms with van der Waals surface area (Å²) in [5.74, 6) is 0.729. The van der Waals surface area contributed by atoms with Crippen molar-refractivity contribution in [2.45, 2.75) is 6.42 Å². The maximum absolute atomic E-state index is 9.25. The number of aryl methyl sites for hydroxylation is 1. The van der Waals surface area contributed by atoms with Gasteiger partial charge in [-0.2, -0.15) is 10.4 Å². The summed E-state index contributed by atoms with van der Waals surface area (Å²) >= 11 is 0. The van der Waals surface area contributed by atoms with E-state index in [1.54, 1.807) is 12.3 Å². The Balaban J connectivity index is 1.78. The molecular weight excluding hydrogens is 262 g/mol. The average molecular weight is 277 g/mol. The van der Waals surface area contributed by atoms with Gasteiger partial charge in [0.1, 0.15) is 5.82 Å². The molecule has 5 nitrogen and oxygen atoms in total. The van der Waals surface area contributed by atoms with Gasteiger partial charge >= 0.3 is 0 Å². The van der Waals surface area contributed by atoms with Crippen LogP contribution in [0.1, 0.15) is 11.3 Å². The Kier molecular flexibility index (Phi) is 3.52. The van der Waals surface area contributed by atoms with E-state index in [0.717, 1.165) is 35.4 Å². The molecule has 0 fully saturated rings. The van der Waals surface area contributed by atoms with Crippen LogP contribution in [-0.4, -0.2) is 21.3 Å². The molecule has 0 aliphatic heterocycles. The molecule has 1 N–H and O–H groups in total. The molecule has 0 saturated heterocycles. The molecule has 0 unspecified atom stereocenters.